The number of aromatic nitrogens is 4. The number of carbonyl (C=O) groups is 1. The molecule has 0 radical (unpaired) electrons. The van der Waals surface area contributed by atoms with Gasteiger partial charge in [-0.3, -0.25) is 4.79 Å². The van der Waals surface area contributed by atoms with Gasteiger partial charge in [-0.15, -0.1) is 5.10 Å². The van der Waals surface area contributed by atoms with Gasteiger partial charge in [0.1, 0.15) is 12.3 Å². The molecule has 0 N–H and O–H groups in total. The second-order valence-corrected chi connectivity index (χ2v) is 5.34. The van der Waals surface area contributed by atoms with E-state index < -0.39 is 5.97 Å². The lowest BCUT2D eigenvalue weighted by Crippen LogP contribution is -2.14. The minimum absolute atomic E-state index is 0.0100. The fourth-order valence-electron chi connectivity index (χ4n) is 1.41. The summed E-state index contributed by atoms with van der Waals surface area (Å²) in [6, 6.07) is 7.13. The lowest BCUT2D eigenvalue weighted by atomic mass is 10.3. The van der Waals surface area contributed by atoms with Gasteiger partial charge in [-0.05, 0) is 34.7 Å². The quantitative estimate of drug-likeness (QED) is 0.434. The Bertz CT molecular complexity index is 590. The molecule has 1 aromatic carbocycles. The highest BCUT2D eigenvalue weighted by Crippen LogP contribution is 2.17. The average Bonchev–Trinajstić information content (AvgIpc) is 2.92. The Kier molecular flexibility index (Phi) is 5.82. The van der Waals surface area contributed by atoms with Crippen molar-refractivity contribution in [2.45, 2.75) is 11.7 Å². The predicted molar refractivity (Wildman–Crippen MR) is 77.5 cm³/mol. The van der Waals surface area contributed by atoms with Crippen LogP contribution in [-0.4, -0.2) is 45.6 Å². The van der Waals surface area contributed by atoms with Crippen LogP contribution in [0.5, 0.6) is 5.75 Å². The molecule has 2 aromatic rings. The van der Waals surface area contributed by atoms with Crippen LogP contribution < -0.4 is 4.74 Å². The molecule has 0 saturated carbocycles. The van der Waals surface area contributed by atoms with Crippen LogP contribution in [-0.2, 0) is 16.1 Å². The Hall–Kier alpha value is -1.80. The molecule has 0 amide bonds. The number of tetrazole rings is 1. The standard InChI is InChI=1S/C12H13ClN4O3S/c1-19-11(18)8-17-12(14-15-16-17)21-7-6-20-10-4-2-9(13)3-5-10/h2-5H,6-8H2,1H3. The van der Waals surface area contributed by atoms with Gasteiger partial charge in [-0.25, -0.2) is 4.68 Å². The van der Waals surface area contributed by atoms with Crippen molar-refractivity contribution in [2.75, 3.05) is 19.5 Å². The zero-order chi connectivity index (χ0) is 15.1. The molecule has 1 aromatic heterocycles. The van der Waals surface area contributed by atoms with Crippen LogP contribution >= 0.6 is 23.4 Å². The van der Waals surface area contributed by atoms with Crippen molar-refractivity contribution in [1.29, 1.82) is 0 Å². The number of benzene rings is 1. The number of halogens is 1. The van der Waals surface area contributed by atoms with E-state index in [0.717, 1.165) is 5.75 Å². The van der Waals surface area contributed by atoms with Gasteiger partial charge >= 0.3 is 5.97 Å². The van der Waals surface area contributed by atoms with Gasteiger partial charge in [-0.2, -0.15) is 0 Å². The summed E-state index contributed by atoms with van der Waals surface area (Å²) in [5, 5.41) is 12.3. The van der Waals surface area contributed by atoms with Crippen LogP contribution in [0, 0.1) is 0 Å². The van der Waals surface area contributed by atoms with E-state index in [1.165, 1.54) is 23.6 Å². The van der Waals surface area contributed by atoms with E-state index in [2.05, 4.69) is 20.3 Å². The van der Waals surface area contributed by atoms with E-state index in [-0.39, 0.29) is 6.54 Å². The molecule has 0 aliphatic heterocycles. The first-order chi connectivity index (χ1) is 10.2. The molecule has 0 fully saturated rings. The minimum atomic E-state index is -0.401. The van der Waals surface area contributed by atoms with Crippen molar-refractivity contribution in [3.8, 4) is 5.75 Å². The van der Waals surface area contributed by atoms with E-state index in [1.54, 1.807) is 24.3 Å². The van der Waals surface area contributed by atoms with Crippen LogP contribution in [0.25, 0.3) is 0 Å². The molecule has 9 heteroatoms. The Morgan fingerprint density at radius 3 is 2.86 bits per heavy atom. The number of ether oxygens (including phenoxy) is 2. The third-order valence-corrected chi connectivity index (χ3v) is 3.58. The van der Waals surface area contributed by atoms with Gasteiger partial charge in [0.2, 0.25) is 5.16 Å². The first-order valence-corrected chi connectivity index (χ1v) is 7.39. The largest absolute Gasteiger partial charge is 0.493 e. The summed E-state index contributed by atoms with van der Waals surface area (Å²) in [4.78, 5) is 11.2. The van der Waals surface area contributed by atoms with E-state index in [1.807, 2.05) is 0 Å². The number of carbonyl (C=O) groups excluding carboxylic acids is 1. The van der Waals surface area contributed by atoms with E-state index in [4.69, 9.17) is 16.3 Å². The van der Waals surface area contributed by atoms with Crippen LogP contribution in [0.3, 0.4) is 0 Å². The summed E-state index contributed by atoms with van der Waals surface area (Å²) in [6.45, 7) is 0.473. The molecule has 2 rings (SSSR count). The van der Waals surface area contributed by atoms with Gasteiger partial charge in [-0.1, -0.05) is 23.4 Å². The van der Waals surface area contributed by atoms with Crippen molar-refractivity contribution in [3.63, 3.8) is 0 Å². The smallest absolute Gasteiger partial charge is 0.327 e. The summed E-state index contributed by atoms with van der Waals surface area (Å²) in [7, 11) is 1.32. The highest BCUT2D eigenvalue weighted by atomic mass is 35.5. The van der Waals surface area contributed by atoms with Gasteiger partial charge in [0.25, 0.3) is 0 Å². The highest BCUT2D eigenvalue weighted by molar-refractivity contribution is 7.99. The van der Waals surface area contributed by atoms with Crippen molar-refractivity contribution in [2.24, 2.45) is 0 Å². The van der Waals surface area contributed by atoms with E-state index in [9.17, 15) is 4.79 Å². The third-order valence-electron chi connectivity index (χ3n) is 2.40. The van der Waals surface area contributed by atoms with Crippen LogP contribution in [0.1, 0.15) is 0 Å². The molecule has 1 heterocycles. The Morgan fingerprint density at radius 2 is 2.14 bits per heavy atom. The number of esters is 1. The molecule has 0 aliphatic rings. The number of hydrogen-bond acceptors (Lipinski definition) is 7. The molecular weight excluding hydrogens is 316 g/mol. The number of hydrogen-bond donors (Lipinski definition) is 0. The third kappa shape index (κ3) is 4.91. The first-order valence-electron chi connectivity index (χ1n) is 6.03. The molecule has 0 saturated heterocycles. The number of nitrogens with zero attached hydrogens (tertiary/aromatic N) is 4. The average molecular weight is 329 g/mol. The fourth-order valence-corrected chi connectivity index (χ4v) is 2.23. The second kappa shape index (κ2) is 7.84. The molecule has 0 bridgehead atoms. The fraction of sp³-hybridized carbons (Fsp3) is 0.333. The second-order valence-electron chi connectivity index (χ2n) is 3.85. The normalized spacial score (nSPS) is 10.4. The van der Waals surface area contributed by atoms with Gasteiger partial charge < -0.3 is 9.47 Å². The van der Waals surface area contributed by atoms with Gasteiger partial charge in [0.05, 0.1) is 13.7 Å². The SMILES string of the molecule is COC(=O)Cn1nnnc1SCCOc1ccc(Cl)cc1. The number of thioether (sulfide) groups is 1. The molecular formula is C12H13ClN4O3S. The molecule has 0 atom stereocenters. The molecule has 21 heavy (non-hydrogen) atoms. The molecule has 0 aliphatic carbocycles. The Morgan fingerprint density at radius 1 is 1.38 bits per heavy atom. The zero-order valence-corrected chi connectivity index (χ0v) is 12.8. The lowest BCUT2D eigenvalue weighted by Gasteiger charge is -2.06. The van der Waals surface area contributed by atoms with Crippen molar-refractivity contribution in [3.05, 3.63) is 29.3 Å². The Balaban J connectivity index is 1.77. The molecule has 7 nitrogen and oxygen atoms in total. The highest BCUT2D eigenvalue weighted by Gasteiger charge is 2.10. The van der Waals surface area contributed by atoms with Gasteiger partial charge in [0, 0.05) is 10.8 Å². The molecule has 112 valence electrons. The first kappa shape index (κ1) is 15.6. The zero-order valence-electron chi connectivity index (χ0n) is 11.2. The maximum absolute atomic E-state index is 11.2. The van der Waals surface area contributed by atoms with Crippen molar-refractivity contribution < 1.29 is 14.3 Å². The number of rotatable bonds is 7. The monoisotopic (exact) mass is 328 g/mol. The number of methoxy groups -OCH3 is 1. The van der Waals surface area contributed by atoms with Crippen LogP contribution in [0.15, 0.2) is 29.4 Å². The lowest BCUT2D eigenvalue weighted by molar-refractivity contribution is -0.141. The maximum atomic E-state index is 11.2. The molecule has 0 unspecified atom stereocenters. The topological polar surface area (TPSA) is 79.1 Å². The summed E-state index contributed by atoms with van der Waals surface area (Å²) >= 11 is 7.19. The summed E-state index contributed by atoms with van der Waals surface area (Å²) in [6.07, 6.45) is 0. The Labute approximate surface area is 130 Å². The van der Waals surface area contributed by atoms with Crippen LogP contribution in [0.4, 0.5) is 0 Å². The van der Waals surface area contributed by atoms with Crippen molar-refractivity contribution in [1.82, 2.24) is 20.2 Å². The van der Waals surface area contributed by atoms with Crippen LogP contribution in [0.2, 0.25) is 5.02 Å². The maximum Gasteiger partial charge on any atom is 0.327 e. The van der Waals surface area contributed by atoms with E-state index in [0.29, 0.717) is 22.5 Å². The summed E-state index contributed by atoms with van der Waals surface area (Å²) in [5.41, 5.74) is 0. The summed E-state index contributed by atoms with van der Waals surface area (Å²) < 4.78 is 11.5. The minimum Gasteiger partial charge on any atom is -0.493 e. The van der Waals surface area contributed by atoms with Crippen molar-refractivity contribution >= 4 is 29.3 Å². The molecule has 0 spiro atoms. The van der Waals surface area contributed by atoms with Gasteiger partial charge in [0.15, 0.2) is 0 Å². The van der Waals surface area contributed by atoms with E-state index >= 15 is 0 Å². The predicted octanol–water partition coefficient (Wildman–Crippen LogP) is 1.67. The summed E-state index contributed by atoms with van der Waals surface area (Å²) in [5.74, 6) is 0.986.